The summed E-state index contributed by atoms with van der Waals surface area (Å²) in [6.07, 6.45) is 0.801. The topological polar surface area (TPSA) is 79.3 Å². The number of rotatable bonds is 7. The number of halogens is 1. The maximum atomic E-state index is 13.6. The van der Waals surface area contributed by atoms with Crippen molar-refractivity contribution in [2.24, 2.45) is 5.92 Å². The van der Waals surface area contributed by atoms with Crippen LogP contribution in [-0.4, -0.2) is 28.5 Å². The highest BCUT2D eigenvalue weighted by atomic mass is 32.1. The van der Waals surface area contributed by atoms with Gasteiger partial charge in [-0.25, -0.2) is 14.2 Å². The minimum Gasteiger partial charge on any atom is -0.476 e. The van der Waals surface area contributed by atoms with Gasteiger partial charge < -0.3 is 10.4 Å². The van der Waals surface area contributed by atoms with Crippen LogP contribution in [0.25, 0.3) is 0 Å². The summed E-state index contributed by atoms with van der Waals surface area (Å²) in [6.45, 7) is 2.11. The molecule has 5 nitrogen and oxygen atoms in total. The first kappa shape index (κ1) is 17.1. The first-order valence-corrected chi connectivity index (χ1v) is 8.04. The predicted molar refractivity (Wildman–Crippen MR) is 85.1 cm³/mol. The second kappa shape index (κ2) is 7.82. The Morgan fingerprint density at radius 2 is 2.13 bits per heavy atom. The van der Waals surface area contributed by atoms with Crippen LogP contribution in [0, 0.1) is 11.7 Å². The molecule has 0 aliphatic carbocycles. The molecule has 0 aliphatic rings. The lowest BCUT2D eigenvalue weighted by molar-refractivity contribution is -0.124. The third-order valence-electron chi connectivity index (χ3n) is 3.34. The predicted octanol–water partition coefficient (Wildman–Crippen LogP) is 2.52. The quantitative estimate of drug-likeness (QED) is 0.814. The number of carbonyl (C=O) groups excluding carboxylic acids is 1. The number of aromatic carboxylic acids is 1. The molecule has 23 heavy (non-hydrogen) atoms. The standard InChI is InChI=1S/C16H17FN2O3S/c1-10(8-11-4-2-3-5-12(11)17)15(20)18-7-6-14-19-13(9-23-14)16(21)22/h2-5,9-10H,6-8H2,1H3,(H,18,20)(H,21,22). The number of hydrogen-bond acceptors (Lipinski definition) is 4. The molecule has 0 aliphatic heterocycles. The number of nitrogens with zero attached hydrogens (tertiary/aromatic N) is 1. The number of amides is 1. The third kappa shape index (κ3) is 4.85. The van der Waals surface area contributed by atoms with Crippen LogP contribution in [0.4, 0.5) is 4.39 Å². The van der Waals surface area contributed by atoms with Crippen LogP contribution in [0.5, 0.6) is 0 Å². The van der Waals surface area contributed by atoms with Gasteiger partial charge in [-0.3, -0.25) is 4.79 Å². The lowest BCUT2D eigenvalue weighted by Gasteiger charge is -2.12. The Kier molecular flexibility index (Phi) is 5.81. The van der Waals surface area contributed by atoms with Gasteiger partial charge in [0.05, 0.1) is 5.01 Å². The molecule has 0 saturated carbocycles. The Hall–Kier alpha value is -2.28. The summed E-state index contributed by atoms with van der Waals surface area (Å²) in [5.74, 6) is -1.88. The van der Waals surface area contributed by atoms with E-state index in [9.17, 15) is 14.0 Å². The number of carboxylic acids is 1. The zero-order chi connectivity index (χ0) is 16.8. The number of hydrogen-bond donors (Lipinski definition) is 2. The van der Waals surface area contributed by atoms with Crippen LogP contribution in [0.2, 0.25) is 0 Å². The zero-order valence-electron chi connectivity index (χ0n) is 12.6. The van der Waals surface area contributed by atoms with Gasteiger partial charge in [0, 0.05) is 24.3 Å². The van der Waals surface area contributed by atoms with Gasteiger partial charge in [-0.05, 0) is 18.1 Å². The van der Waals surface area contributed by atoms with Crippen molar-refractivity contribution >= 4 is 23.2 Å². The highest BCUT2D eigenvalue weighted by molar-refractivity contribution is 7.09. The van der Waals surface area contributed by atoms with Crippen molar-refractivity contribution in [1.29, 1.82) is 0 Å². The van der Waals surface area contributed by atoms with E-state index >= 15 is 0 Å². The lowest BCUT2D eigenvalue weighted by atomic mass is 10.00. The summed E-state index contributed by atoms with van der Waals surface area (Å²) in [5.41, 5.74) is 0.533. The molecule has 1 amide bonds. The average Bonchev–Trinajstić information content (AvgIpc) is 2.98. The first-order chi connectivity index (χ1) is 11.0. The largest absolute Gasteiger partial charge is 0.476 e. The van der Waals surface area contributed by atoms with Gasteiger partial charge in [-0.2, -0.15) is 0 Å². The maximum absolute atomic E-state index is 13.6. The van der Waals surface area contributed by atoms with E-state index in [-0.39, 0.29) is 23.3 Å². The van der Waals surface area contributed by atoms with Crippen molar-refractivity contribution in [3.63, 3.8) is 0 Å². The van der Waals surface area contributed by atoms with Crippen molar-refractivity contribution in [2.45, 2.75) is 19.8 Å². The number of carboxylic acid groups (broad SMARTS) is 1. The summed E-state index contributed by atoms with van der Waals surface area (Å²) < 4.78 is 13.6. The molecule has 2 N–H and O–H groups in total. The smallest absolute Gasteiger partial charge is 0.355 e. The molecule has 122 valence electrons. The van der Waals surface area contributed by atoms with Gasteiger partial charge in [-0.15, -0.1) is 11.3 Å². The van der Waals surface area contributed by atoms with Crippen molar-refractivity contribution in [3.05, 3.63) is 51.7 Å². The molecular formula is C16H17FN2O3S. The van der Waals surface area contributed by atoms with E-state index in [1.807, 2.05) is 0 Å². The number of thiazole rings is 1. The molecule has 1 unspecified atom stereocenters. The van der Waals surface area contributed by atoms with E-state index in [1.165, 1.54) is 22.8 Å². The van der Waals surface area contributed by atoms with E-state index in [0.717, 1.165) is 0 Å². The third-order valence-corrected chi connectivity index (χ3v) is 4.25. The summed E-state index contributed by atoms with van der Waals surface area (Å²) in [6, 6.07) is 6.40. The fourth-order valence-corrected chi connectivity index (χ4v) is 2.85. The summed E-state index contributed by atoms with van der Waals surface area (Å²) in [7, 11) is 0. The van der Waals surface area contributed by atoms with Crippen molar-refractivity contribution < 1.29 is 19.1 Å². The van der Waals surface area contributed by atoms with Crippen LogP contribution < -0.4 is 5.32 Å². The molecule has 1 heterocycles. The normalized spacial score (nSPS) is 11.9. The first-order valence-electron chi connectivity index (χ1n) is 7.16. The molecule has 0 fully saturated rings. The van der Waals surface area contributed by atoms with Crippen molar-refractivity contribution in [2.75, 3.05) is 6.54 Å². The average molecular weight is 336 g/mol. The summed E-state index contributed by atoms with van der Waals surface area (Å²) >= 11 is 1.25. The van der Waals surface area contributed by atoms with Crippen LogP contribution in [0.1, 0.15) is 28.0 Å². The number of nitrogens with one attached hydrogen (secondary N) is 1. The number of benzene rings is 1. The Bertz CT molecular complexity index is 702. The van der Waals surface area contributed by atoms with Gasteiger partial charge in [-0.1, -0.05) is 25.1 Å². The van der Waals surface area contributed by atoms with Gasteiger partial charge in [0.15, 0.2) is 5.69 Å². The molecule has 0 radical (unpaired) electrons. The summed E-state index contributed by atoms with van der Waals surface area (Å²) in [4.78, 5) is 26.7. The molecule has 2 aromatic rings. The fourth-order valence-electron chi connectivity index (χ4n) is 2.08. The second-order valence-electron chi connectivity index (χ2n) is 5.17. The van der Waals surface area contributed by atoms with Crippen molar-refractivity contribution in [1.82, 2.24) is 10.3 Å². The highest BCUT2D eigenvalue weighted by Gasteiger charge is 2.15. The lowest BCUT2D eigenvalue weighted by Crippen LogP contribution is -2.32. The molecule has 0 spiro atoms. The SMILES string of the molecule is CC(Cc1ccccc1F)C(=O)NCCc1nc(C(=O)O)cs1. The zero-order valence-corrected chi connectivity index (χ0v) is 13.4. The van der Waals surface area contributed by atoms with Crippen LogP contribution in [0.3, 0.4) is 0 Å². The van der Waals surface area contributed by atoms with E-state index in [2.05, 4.69) is 10.3 Å². The molecule has 0 bridgehead atoms. The highest BCUT2D eigenvalue weighted by Crippen LogP contribution is 2.13. The minimum absolute atomic E-state index is 0.0178. The Balaban J connectivity index is 1.79. The van der Waals surface area contributed by atoms with Crippen molar-refractivity contribution in [3.8, 4) is 0 Å². The Morgan fingerprint density at radius 3 is 2.78 bits per heavy atom. The van der Waals surface area contributed by atoms with Crippen LogP contribution in [-0.2, 0) is 17.6 Å². The van der Waals surface area contributed by atoms with E-state index in [1.54, 1.807) is 25.1 Å². The minimum atomic E-state index is -1.06. The molecule has 1 aromatic heterocycles. The van der Waals surface area contributed by atoms with Gasteiger partial charge in [0.25, 0.3) is 0 Å². The van der Waals surface area contributed by atoms with Gasteiger partial charge in [0.2, 0.25) is 5.91 Å². The Labute approximate surface area is 137 Å². The fraction of sp³-hybridized carbons (Fsp3) is 0.312. The molecule has 1 atom stereocenters. The summed E-state index contributed by atoms with van der Waals surface area (Å²) in [5, 5.41) is 13.7. The van der Waals surface area contributed by atoms with Crippen LogP contribution >= 0.6 is 11.3 Å². The van der Waals surface area contributed by atoms with Gasteiger partial charge in [0.1, 0.15) is 5.82 Å². The molecule has 1 aromatic carbocycles. The van der Waals surface area contributed by atoms with E-state index in [4.69, 9.17) is 5.11 Å². The molecule has 2 rings (SSSR count). The van der Waals surface area contributed by atoms with Gasteiger partial charge >= 0.3 is 5.97 Å². The Morgan fingerprint density at radius 1 is 1.39 bits per heavy atom. The maximum Gasteiger partial charge on any atom is 0.355 e. The molecule has 7 heteroatoms. The van der Waals surface area contributed by atoms with E-state index < -0.39 is 5.97 Å². The van der Waals surface area contributed by atoms with E-state index in [0.29, 0.717) is 30.0 Å². The molecule has 0 saturated heterocycles. The second-order valence-corrected chi connectivity index (χ2v) is 6.11. The molecular weight excluding hydrogens is 319 g/mol. The van der Waals surface area contributed by atoms with Crippen LogP contribution in [0.15, 0.2) is 29.6 Å². The monoisotopic (exact) mass is 336 g/mol. The number of aromatic nitrogens is 1. The number of carbonyl (C=O) groups is 2.